The molecule has 0 aliphatic heterocycles. The highest BCUT2D eigenvalue weighted by molar-refractivity contribution is 7.97. The number of urea groups is 1. The summed E-state index contributed by atoms with van der Waals surface area (Å²) >= 11 is 1.62. The van der Waals surface area contributed by atoms with Crippen molar-refractivity contribution in [1.29, 1.82) is 0 Å². The van der Waals surface area contributed by atoms with Crippen molar-refractivity contribution in [2.75, 3.05) is 18.1 Å². The number of alkyl halides is 2. The summed E-state index contributed by atoms with van der Waals surface area (Å²) in [7, 11) is 0. The largest absolute Gasteiger partial charge is 0.332 e. The molecule has 3 nitrogen and oxygen atoms in total. The van der Waals surface area contributed by atoms with Crippen LogP contribution in [0.5, 0.6) is 0 Å². The number of anilines is 1. The van der Waals surface area contributed by atoms with Crippen LogP contribution in [0.2, 0.25) is 0 Å². The predicted octanol–water partition coefficient (Wildman–Crippen LogP) is 2.94. The lowest BCUT2D eigenvalue weighted by molar-refractivity contribution is 0.148. The fraction of sp³-hybridized carbons (Fsp3) is 0.364. The number of benzene rings is 1. The molecule has 1 aromatic rings. The van der Waals surface area contributed by atoms with Gasteiger partial charge in [0.15, 0.2) is 0 Å². The number of carbonyl (C=O) groups is 1. The fourth-order valence-electron chi connectivity index (χ4n) is 1.26. The zero-order valence-corrected chi connectivity index (χ0v) is 10.2. The van der Waals surface area contributed by atoms with E-state index in [1.54, 1.807) is 23.9 Å². The van der Waals surface area contributed by atoms with Crippen LogP contribution in [0.1, 0.15) is 5.56 Å². The first kappa shape index (κ1) is 13.8. The van der Waals surface area contributed by atoms with E-state index in [-0.39, 0.29) is 0 Å². The van der Waals surface area contributed by atoms with Gasteiger partial charge in [0.25, 0.3) is 6.43 Å². The molecule has 94 valence electrons. The minimum Gasteiger partial charge on any atom is -0.332 e. The minimum atomic E-state index is -2.54. The molecule has 0 heterocycles. The molecule has 2 amide bonds. The van der Waals surface area contributed by atoms with Crippen LogP contribution in [0.15, 0.2) is 24.3 Å². The molecule has 0 aliphatic carbocycles. The molecule has 0 atom stereocenters. The minimum absolute atomic E-state index is 0.612. The Hall–Kier alpha value is -1.30. The van der Waals surface area contributed by atoms with E-state index in [1.165, 1.54) is 0 Å². The number of amides is 2. The molecule has 17 heavy (non-hydrogen) atoms. The Balaban J connectivity index is 2.58. The maximum atomic E-state index is 11.9. The third-order valence-electron chi connectivity index (χ3n) is 1.98. The summed E-state index contributed by atoms with van der Waals surface area (Å²) < 4.78 is 23.8. The van der Waals surface area contributed by atoms with Crippen molar-refractivity contribution < 1.29 is 13.6 Å². The van der Waals surface area contributed by atoms with E-state index < -0.39 is 19.0 Å². The van der Waals surface area contributed by atoms with Gasteiger partial charge in [0, 0.05) is 11.4 Å². The van der Waals surface area contributed by atoms with E-state index in [0.29, 0.717) is 5.69 Å². The normalized spacial score (nSPS) is 10.4. The topological polar surface area (TPSA) is 41.1 Å². The van der Waals surface area contributed by atoms with Crippen LogP contribution in [0.25, 0.3) is 0 Å². The standard InChI is InChI=1S/C11H14F2N2OS/c1-17-7-8-4-2-3-5-9(8)15-11(16)14-6-10(12)13/h2-5,10H,6-7H2,1H3,(H2,14,15,16). The number of hydrogen-bond donors (Lipinski definition) is 2. The molecule has 0 bridgehead atoms. The third-order valence-corrected chi connectivity index (χ3v) is 2.58. The summed E-state index contributed by atoms with van der Waals surface area (Å²) in [5.41, 5.74) is 1.61. The number of halogens is 2. The summed E-state index contributed by atoms with van der Waals surface area (Å²) in [6.45, 7) is -0.642. The highest BCUT2D eigenvalue weighted by Gasteiger charge is 2.08. The van der Waals surface area contributed by atoms with Gasteiger partial charge in [-0.2, -0.15) is 11.8 Å². The zero-order valence-electron chi connectivity index (χ0n) is 9.37. The first-order chi connectivity index (χ1) is 8.13. The van der Waals surface area contributed by atoms with Gasteiger partial charge in [0.2, 0.25) is 0 Å². The molecule has 1 aromatic carbocycles. The monoisotopic (exact) mass is 260 g/mol. The average molecular weight is 260 g/mol. The van der Waals surface area contributed by atoms with Crippen LogP contribution in [0, 0.1) is 0 Å². The smallest absolute Gasteiger partial charge is 0.319 e. The van der Waals surface area contributed by atoms with Crippen molar-refractivity contribution >= 4 is 23.5 Å². The van der Waals surface area contributed by atoms with Gasteiger partial charge in [-0.1, -0.05) is 18.2 Å². The number of para-hydroxylation sites is 1. The Morgan fingerprint density at radius 3 is 2.76 bits per heavy atom. The van der Waals surface area contributed by atoms with Gasteiger partial charge < -0.3 is 10.6 Å². The van der Waals surface area contributed by atoms with Gasteiger partial charge in [0.1, 0.15) is 0 Å². The number of carbonyl (C=O) groups excluding carboxylic acids is 1. The molecule has 2 N–H and O–H groups in total. The van der Waals surface area contributed by atoms with Gasteiger partial charge >= 0.3 is 6.03 Å². The van der Waals surface area contributed by atoms with Crippen LogP contribution in [-0.4, -0.2) is 25.3 Å². The Morgan fingerprint density at radius 1 is 1.41 bits per heavy atom. The van der Waals surface area contributed by atoms with E-state index in [0.717, 1.165) is 11.3 Å². The molecule has 1 rings (SSSR count). The molecule has 0 aromatic heterocycles. The number of thioether (sulfide) groups is 1. The van der Waals surface area contributed by atoms with Crippen LogP contribution in [-0.2, 0) is 5.75 Å². The van der Waals surface area contributed by atoms with Crippen molar-refractivity contribution in [3.05, 3.63) is 29.8 Å². The molecular weight excluding hydrogens is 246 g/mol. The molecular formula is C11H14F2N2OS. The SMILES string of the molecule is CSCc1ccccc1NC(=O)NCC(F)F. The lowest BCUT2D eigenvalue weighted by Gasteiger charge is -2.11. The Labute approximate surface area is 103 Å². The Kier molecular flexibility index (Phi) is 5.76. The van der Waals surface area contributed by atoms with Gasteiger partial charge in [0.05, 0.1) is 6.54 Å². The van der Waals surface area contributed by atoms with E-state index in [2.05, 4.69) is 10.6 Å². The van der Waals surface area contributed by atoms with Gasteiger partial charge in [-0.05, 0) is 17.9 Å². The van der Waals surface area contributed by atoms with E-state index in [9.17, 15) is 13.6 Å². The highest BCUT2D eigenvalue weighted by Crippen LogP contribution is 2.19. The number of nitrogens with one attached hydrogen (secondary N) is 2. The number of rotatable bonds is 5. The van der Waals surface area contributed by atoms with Crippen molar-refractivity contribution in [1.82, 2.24) is 5.32 Å². The summed E-state index contributed by atoms with van der Waals surface area (Å²) in [5.74, 6) is 0.755. The van der Waals surface area contributed by atoms with Crippen LogP contribution >= 0.6 is 11.8 Å². The van der Waals surface area contributed by atoms with Crippen LogP contribution < -0.4 is 10.6 Å². The molecule has 0 saturated carbocycles. The van der Waals surface area contributed by atoms with Crippen LogP contribution in [0.4, 0.5) is 19.3 Å². The van der Waals surface area contributed by atoms with Crippen molar-refractivity contribution in [2.45, 2.75) is 12.2 Å². The van der Waals surface area contributed by atoms with Crippen molar-refractivity contribution in [2.24, 2.45) is 0 Å². The third kappa shape index (κ3) is 5.04. The second kappa shape index (κ2) is 7.11. The number of hydrogen-bond acceptors (Lipinski definition) is 2. The lowest BCUT2D eigenvalue weighted by Crippen LogP contribution is -2.32. The van der Waals surface area contributed by atoms with Gasteiger partial charge in [-0.3, -0.25) is 0 Å². The maximum absolute atomic E-state index is 11.9. The predicted molar refractivity (Wildman–Crippen MR) is 66.7 cm³/mol. The first-order valence-electron chi connectivity index (χ1n) is 5.03. The van der Waals surface area contributed by atoms with Crippen molar-refractivity contribution in [3.63, 3.8) is 0 Å². The van der Waals surface area contributed by atoms with Gasteiger partial charge in [-0.25, -0.2) is 13.6 Å². The Bertz CT molecular complexity index is 374. The molecule has 0 aliphatic rings. The fourth-order valence-corrected chi connectivity index (χ4v) is 1.82. The Morgan fingerprint density at radius 2 is 2.12 bits per heavy atom. The van der Waals surface area contributed by atoms with E-state index in [4.69, 9.17) is 0 Å². The second-order valence-electron chi connectivity index (χ2n) is 3.32. The summed E-state index contributed by atoms with van der Waals surface area (Å²) in [5, 5.41) is 4.65. The maximum Gasteiger partial charge on any atom is 0.319 e. The molecule has 0 radical (unpaired) electrons. The molecule has 6 heteroatoms. The molecule has 0 spiro atoms. The summed E-state index contributed by atoms with van der Waals surface area (Å²) in [6, 6.07) is 6.67. The first-order valence-corrected chi connectivity index (χ1v) is 6.42. The lowest BCUT2D eigenvalue weighted by atomic mass is 10.2. The van der Waals surface area contributed by atoms with Gasteiger partial charge in [-0.15, -0.1) is 0 Å². The van der Waals surface area contributed by atoms with Crippen LogP contribution in [0.3, 0.4) is 0 Å². The van der Waals surface area contributed by atoms with E-state index in [1.807, 2.05) is 18.4 Å². The molecule has 0 fully saturated rings. The molecule has 0 unspecified atom stereocenters. The average Bonchev–Trinajstić information content (AvgIpc) is 2.29. The van der Waals surface area contributed by atoms with E-state index >= 15 is 0 Å². The zero-order chi connectivity index (χ0) is 12.7. The molecule has 0 saturated heterocycles. The second-order valence-corrected chi connectivity index (χ2v) is 4.18. The highest BCUT2D eigenvalue weighted by atomic mass is 32.2. The quantitative estimate of drug-likeness (QED) is 0.854. The summed E-state index contributed by atoms with van der Waals surface area (Å²) in [4.78, 5) is 11.3. The summed E-state index contributed by atoms with van der Waals surface area (Å²) in [6.07, 6.45) is -0.588. The van der Waals surface area contributed by atoms with Crippen molar-refractivity contribution in [3.8, 4) is 0 Å².